The van der Waals surface area contributed by atoms with Crippen molar-refractivity contribution in [2.45, 2.75) is 58.9 Å². The van der Waals surface area contributed by atoms with Crippen molar-refractivity contribution in [3.63, 3.8) is 0 Å². The summed E-state index contributed by atoms with van der Waals surface area (Å²) in [7, 11) is -0.198. The number of hydrogen-bond donors (Lipinski definition) is 0. The van der Waals surface area contributed by atoms with Crippen molar-refractivity contribution in [2.75, 3.05) is 13.2 Å². The van der Waals surface area contributed by atoms with Crippen LogP contribution < -0.4 is 0 Å². The molecule has 0 aromatic heterocycles. The van der Waals surface area contributed by atoms with Crippen LogP contribution in [0.5, 0.6) is 0 Å². The minimum absolute atomic E-state index is 0.0278. The maximum Gasteiger partial charge on any atom is 0.176 e. The Labute approximate surface area is 90.1 Å². The normalized spacial score (nSPS) is 12.4. The van der Waals surface area contributed by atoms with Gasteiger partial charge in [0, 0.05) is 13.2 Å². The van der Waals surface area contributed by atoms with Gasteiger partial charge in [0.25, 0.3) is 0 Å². The Kier molecular flexibility index (Phi) is 7.81. The monoisotopic (exact) mass is 220 g/mol. The van der Waals surface area contributed by atoms with Crippen LogP contribution in [0.25, 0.3) is 0 Å². The predicted octanol–water partition coefficient (Wildman–Crippen LogP) is 3.64. The largest absolute Gasteiger partial charge is 0.349 e. The summed E-state index contributed by atoms with van der Waals surface area (Å²) in [6.07, 6.45) is 0. The van der Waals surface area contributed by atoms with Gasteiger partial charge in [0.1, 0.15) is 0 Å². The third kappa shape index (κ3) is 4.72. The summed E-state index contributed by atoms with van der Waals surface area (Å²) in [4.78, 5) is 0. The highest BCUT2D eigenvalue weighted by molar-refractivity contribution is 7.59. The lowest BCUT2D eigenvalue weighted by atomic mass is 10.5. The van der Waals surface area contributed by atoms with Crippen LogP contribution in [0.1, 0.15) is 41.5 Å². The molecular formula is C11H25O2P. The fourth-order valence-corrected chi connectivity index (χ4v) is 4.40. The molecule has 86 valence electrons. The highest BCUT2D eigenvalue weighted by atomic mass is 31.1. The van der Waals surface area contributed by atoms with E-state index < -0.39 is 0 Å². The highest BCUT2D eigenvalue weighted by Crippen LogP contribution is 2.51. The maximum atomic E-state index is 5.67. The van der Waals surface area contributed by atoms with E-state index >= 15 is 0 Å². The minimum atomic E-state index is -0.198. The lowest BCUT2D eigenvalue weighted by Gasteiger charge is -2.33. The Morgan fingerprint density at radius 2 is 1.21 bits per heavy atom. The van der Waals surface area contributed by atoms with Crippen LogP contribution in [0.2, 0.25) is 0 Å². The molecule has 0 atom stereocenters. The first kappa shape index (κ1) is 14.3. The first-order valence-electron chi connectivity index (χ1n) is 5.55. The van der Waals surface area contributed by atoms with Gasteiger partial charge in [-0.25, -0.2) is 0 Å². The molecule has 0 aromatic rings. The van der Waals surface area contributed by atoms with Crippen molar-refractivity contribution in [3.05, 3.63) is 0 Å². The van der Waals surface area contributed by atoms with Crippen LogP contribution in [0.15, 0.2) is 0 Å². The number of hydrogen-bond acceptors (Lipinski definition) is 2. The van der Waals surface area contributed by atoms with Gasteiger partial charge in [-0.15, -0.1) is 0 Å². The standard InChI is InChI=1S/C11H25O2P/c1-7-12-11(13-8-2)14(9(3)4)10(5)6/h9-11H,7-8H2,1-6H3. The molecule has 0 radical (unpaired) electrons. The second-order valence-corrected chi connectivity index (χ2v) is 7.23. The van der Waals surface area contributed by atoms with Gasteiger partial charge in [0.05, 0.1) is 0 Å². The topological polar surface area (TPSA) is 18.5 Å². The Morgan fingerprint density at radius 1 is 0.857 bits per heavy atom. The summed E-state index contributed by atoms with van der Waals surface area (Å²) in [5.41, 5.74) is 1.32. The molecule has 0 saturated heterocycles. The van der Waals surface area contributed by atoms with Crippen molar-refractivity contribution in [3.8, 4) is 0 Å². The molecule has 14 heavy (non-hydrogen) atoms. The molecule has 0 aliphatic carbocycles. The zero-order chi connectivity index (χ0) is 11.1. The van der Waals surface area contributed by atoms with E-state index in [9.17, 15) is 0 Å². The van der Waals surface area contributed by atoms with Crippen molar-refractivity contribution >= 4 is 7.92 Å². The molecule has 0 aromatic carbocycles. The summed E-state index contributed by atoms with van der Waals surface area (Å²) in [6, 6.07) is 0.0278. The third-order valence-corrected chi connectivity index (χ3v) is 5.22. The summed E-state index contributed by atoms with van der Waals surface area (Å²) >= 11 is 0. The summed E-state index contributed by atoms with van der Waals surface area (Å²) in [6.45, 7) is 14.6. The van der Waals surface area contributed by atoms with Gasteiger partial charge in [-0.05, 0) is 33.1 Å². The van der Waals surface area contributed by atoms with Gasteiger partial charge in [-0.1, -0.05) is 27.7 Å². The quantitative estimate of drug-likeness (QED) is 0.481. The van der Waals surface area contributed by atoms with E-state index in [0.29, 0.717) is 11.3 Å². The summed E-state index contributed by atoms with van der Waals surface area (Å²) in [5.74, 6) is 0. The fourth-order valence-electron chi connectivity index (χ4n) is 1.59. The second kappa shape index (κ2) is 7.62. The van der Waals surface area contributed by atoms with Gasteiger partial charge in [0.15, 0.2) is 6.03 Å². The summed E-state index contributed by atoms with van der Waals surface area (Å²) < 4.78 is 11.3. The molecule has 0 aliphatic heterocycles. The van der Waals surface area contributed by atoms with E-state index in [0.717, 1.165) is 13.2 Å². The molecule has 3 heteroatoms. The van der Waals surface area contributed by atoms with E-state index in [2.05, 4.69) is 27.7 Å². The maximum absolute atomic E-state index is 5.67. The average Bonchev–Trinajstić information content (AvgIpc) is 2.03. The van der Waals surface area contributed by atoms with Crippen LogP contribution in [-0.4, -0.2) is 30.6 Å². The van der Waals surface area contributed by atoms with Crippen LogP contribution in [0.3, 0.4) is 0 Å². The SMILES string of the molecule is CCOC(OCC)P(C(C)C)C(C)C. The summed E-state index contributed by atoms with van der Waals surface area (Å²) in [5, 5.41) is 0. The van der Waals surface area contributed by atoms with Crippen LogP contribution in [0, 0.1) is 0 Å². The van der Waals surface area contributed by atoms with Gasteiger partial charge >= 0.3 is 0 Å². The molecular weight excluding hydrogens is 195 g/mol. The molecule has 0 heterocycles. The van der Waals surface area contributed by atoms with Gasteiger partial charge in [0.2, 0.25) is 0 Å². The number of rotatable bonds is 7. The molecule has 0 fully saturated rings. The molecule has 0 rings (SSSR count). The fraction of sp³-hybridized carbons (Fsp3) is 1.00. The Balaban J connectivity index is 4.37. The molecule has 0 spiro atoms. The van der Waals surface area contributed by atoms with E-state index in [-0.39, 0.29) is 14.0 Å². The zero-order valence-electron chi connectivity index (χ0n) is 10.4. The molecule has 0 bridgehead atoms. The molecule has 0 amide bonds. The second-order valence-electron chi connectivity index (χ2n) is 3.85. The van der Waals surface area contributed by atoms with Gasteiger partial charge < -0.3 is 9.47 Å². The molecule has 2 nitrogen and oxygen atoms in total. The highest BCUT2D eigenvalue weighted by Gasteiger charge is 2.27. The molecule has 0 saturated carbocycles. The van der Waals surface area contributed by atoms with Crippen LogP contribution >= 0.6 is 7.92 Å². The first-order chi connectivity index (χ1) is 6.54. The van der Waals surface area contributed by atoms with Crippen molar-refractivity contribution in [1.29, 1.82) is 0 Å². The minimum Gasteiger partial charge on any atom is -0.349 e. The van der Waals surface area contributed by atoms with E-state index in [1.807, 2.05) is 13.8 Å². The molecule has 0 N–H and O–H groups in total. The van der Waals surface area contributed by atoms with Crippen LogP contribution in [-0.2, 0) is 9.47 Å². The number of ether oxygens (including phenoxy) is 2. The Hall–Kier alpha value is 0.350. The van der Waals surface area contributed by atoms with Gasteiger partial charge in [-0.2, -0.15) is 0 Å². The van der Waals surface area contributed by atoms with E-state index in [1.54, 1.807) is 0 Å². The Morgan fingerprint density at radius 3 is 1.43 bits per heavy atom. The smallest absolute Gasteiger partial charge is 0.176 e. The lowest BCUT2D eigenvalue weighted by Crippen LogP contribution is -2.23. The van der Waals surface area contributed by atoms with Crippen molar-refractivity contribution in [1.82, 2.24) is 0 Å². The molecule has 0 aliphatic rings. The Bertz CT molecular complexity index is 123. The van der Waals surface area contributed by atoms with Crippen molar-refractivity contribution < 1.29 is 9.47 Å². The molecule has 0 unspecified atom stereocenters. The third-order valence-electron chi connectivity index (χ3n) is 2.05. The van der Waals surface area contributed by atoms with E-state index in [4.69, 9.17) is 9.47 Å². The van der Waals surface area contributed by atoms with Crippen molar-refractivity contribution in [2.24, 2.45) is 0 Å². The predicted molar refractivity (Wildman–Crippen MR) is 64.2 cm³/mol. The zero-order valence-corrected chi connectivity index (χ0v) is 11.3. The lowest BCUT2D eigenvalue weighted by molar-refractivity contribution is -0.0791. The van der Waals surface area contributed by atoms with Gasteiger partial charge in [-0.3, -0.25) is 0 Å². The first-order valence-corrected chi connectivity index (χ1v) is 7.10. The average molecular weight is 220 g/mol. The van der Waals surface area contributed by atoms with Crippen LogP contribution in [0.4, 0.5) is 0 Å². The van der Waals surface area contributed by atoms with E-state index in [1.165, 1.54) is 0 Å².